The molecule has 3 nitrogen and oxygen atoms in total. The van der Waals surface area contributed by atoms with E-state index in [-0.39, 0.29) is 6.10 Å². The Bertz CT molecular complexity index is 510. The molecule has 1 N–H and O–H groups in total. The summed E-state index contributed by atoms with van der Waals surface area (Å²) in [7, 11) is 0. The zero-order valence-electron chi connectivity index (χ0n) is 20.3. The summed E-state index contributed by atoms with van der Waals surface area (Å²) < 4.78 is 11.4. The van der Waals surface area contributed by atoms with E-state index in [1.807, 2.05) is 0 Å². The lowest BCUT2D eigenvalue weighted by molar-refractivity contribution is 0.0679. The number of benzene rings is 1. The van der Waals surface area contributed by atoms with Crippen LogP contribution < -0.4 is 10.1 Å². The zero-order chi connectivity index (χ0) is 21.8. The van der Waals surface area contributed by atoms with Gasteiger partial charge in [0.15, 0.2) is 0 Å². The average Bonchev–Trinajstić information content (AvgIpc) is 3.32. The van der Waals surface area contributed by atoms with E-state index >= 15 is 0 Å². The first-order valence-corrected chi connectivity index (χ1v) is 13.4. The maximum atomic E-state index is 5.83. The fraction of sp³-hybridized carbons (Fsp3) is 0.786. The van der Waals surface area contributed by atoms with Crippen molar-refractivity contribution < 1.29 is 9.47 Å². The third-order valence-electron chi connectivity index (χ3n) is 6.42. The molecule has 0 aliphatic carbocycles. The van der Waals surface area contributed by atoms with Gasteiger partial charge in [0.05, 0.1) is 6.10 Å². The van der Waals surface area contributed by atoms with Crippen molar-refractivity contribution in [3.05, 3.63) is 29.8 Å². The molecule has 0 bridgehead atoms. The maximum Gasteiger partial charge on any atom is 0.119 e. The van der Waals surface area contributed by atoms with Gasteiger partial charge in [-0.15, -0.1) is 0 Å². The van der Waals surface area contributed by atoms with Crippen LogP contribution in [0.5, 0.6) is 5.75 Å². The Morgan fingerprint density at radius 1 is 0.806 bits per heavy atom. The molecule has 0 saturated carbocycles. The largest absolute Gasteiger partial charge is 0.491 e. The molecule has 178 valence electrons. The van der Waals surface area contributed by atoms with E-state index < -0.39 is 0 Å². The Hall–Kier alpha value is -1.06. The molecule has 0 radical (unpaired) electrons. The summed E-state index contributed by atoms with van der Waals surface area (Å²) in [6.07, 6.45) is 22.4. The molecule has 1 aliphatic heterocycles. The van der Waals surface area contributed by atoms with Crippen molar-refractivity contribution in [2.45, 2.75) is 122 Å². The Balaban J connectivity index is 1.32. The lowest BCUT2D eigenvalue weighted by atomic mass is 10.0. The molecule has 1 aromatic rings. The van der Waals surface area contributed by atoms with Crippen molar-refractivity contribution in [2.24, 2.45) is 0 Å². The number of nitrogens with one attached hydrogen (secondary N) is 1. The monoisotopic (exact) mass is 431 g/mol. The van der Waals surface area contributed by atoms with Crippen LogP contribution in [0, 0.1) is 0 Å². The highest BCUT2D eigenvalue weighted by Crippen LogP contribution is 2.17. The van der Waals surface area contributed by atoms with Crippen LogP contribution in [0.2, 0.25) is 0 Å². The van der Waals surface area contributed by atoms with Gasteiger partial charge in [0.1, 0.15) is 12.4 Å². The van der Waals surface area contributed by atoms with Gasteiger partial charge < -0.3 is 14.8 Å². The van der Waals surface area contributed by atoms with E-state index in [0.29, 0.717) is 6.61 Å². The minimum Gasteiger partial charge on any atom is -0.491 e. The summed E-state index contributed by atoms with van der Waals surface area (Å²) in [5.41, 5.74) is 1.33. The predicted octanol–water partition coefficient (Wildman–Crippen LogP) is 7.82. The average molecular weight is 432 g/mol. The van der Waals surface area contributed by atoms with Crippen molar-refractivity contribution in [2.75, 3.05) is 19.8 Å². The summed E-state index contributed by atoms with van der Waals surface area (Å²) in [5, 5.41) is 3.58. The molecule has 1 aliphatic rings. The third-order valence-corrected chi connectivity index (χ3v) is 6.42. The van der Waals surface area contributed by atoms with Gasteiger partial charge in [-0.1, -0.05) is 103 Å². The summed E-state index contributed by atoms with van der Waals surface area (Å²) in [6.45, 7) is 5.93. The minimum atomic E-state index is 0.284. The quantitative estimate of drug-likeness (QED) is 0.213. The molecule has 31 heavy (non-hydrogen) atoms. The first-order chi connectivity index (χ1) is 15.4. The molecule has 1 heterocycles. The van der Waals surface area contributed by atoms with Crippen molar-refractivity contribution >= 4 is 0 Å². The number of rotatable bonds is 20. The highest BCUT2D eigenvalue weighted by Gasteiger charge is 2.15. The van der Waals surface area contributed by atoms with Crippen LogP contribution >= 0.6 is 0 Å². The van der Waals surface area contributed by atoms with E-state index in [1.54, 1.807) is 0 Å². The van der Waals surface area contributed by atoms with Crippen LogP contribution in [0.3, 0.4) is 0 Å². The first kappa shape index (κ1) is 26.2. The molecule has 2 rings (SSSR count). The Labute approximate surface area is 192 Å². The van der Waals surface area contributed by atoms with Crippen molar-refractivity contribution in [1.82, 2.24) is 5.32 Å². The van der Waals surface area contributed by atoms with Gasteiger partial charge in [-0.3, -0.25) is 0 Å². The van der Waals surface area contributed by atoms with Crippen LogP contribution in [0.1, 0.15) is 115 Å². The topological polar surface area (TPSA) is 30.5 Å². The molecule has 3 heteroatoms. The standard InChI is InChI=1S/C28H49NO2/c1-2-3-4-5-6-7-8-9-10-11-12-13-14-15-22-29-24-26-18-20-27(21-19-26)31-25-28-17-16-23-30-28/h18-21,28-29H,2-17,22-25H2,1H3. The summed E-state index contributed by atoms with van der Waals surface area (Å²) >= 11 is 0. The molecular weight excluding hydrogens is 382 g/mol. The number of unbranched alkanes of at least 4 members (excludes halogenated alkanes) is 13. The second-order valence-corrected chi connectivity index (χ2v) is 9.36. The molecule has 1 fully saturated rings. The van der Waals surface area contributed by atoms with Crippen molar-refractivity contribution in [3.8, 4) is 5.75 Å². The predicted molar refractivity (Wildman–Crippen MR) is 133 cm³/mol. The third kappa shape index (κ3) is 13.9. The van der Waals surface area contributed by atoms with Crippen LogP contribution in [0.4, 0.5) is 0 Å². The Morgan fingerprint density at radius 3 is 1.94 bits per heavy atom. The molecule has 1 aromatic carbocycles. The van der Waals surface area contributed by atoms with Gasteiger partial charge in [0.25, 0.3) is 0 Å². The number of hydrogen-bond donors (Lipinski definition) is 1. The van der Waals surface area contributed by atoms with E-state index in [1.165, 1.54) is 95.5 Å². The lowest BCUT2D eigenvalue weighted by Crippen LogP contribution is -2.16. The SMILES string of the molecule is CCCCCCCCCCCCCCCCNCc1ccc(OCC2CCCO2)cc1. The molecule has 1 unspecified atom stereocenters. The highest BCUT2D eigenvalue weighted by molar-refractivity contribution is 5.27. The first-order valence-electron chi connectivity index (χ1n) is 13.4. The van der Waals surface area contributed by atoms with Gasteiger partial charge in [-0.05, 0) is 43.5 Å². The second kappa shape index (κ2) is 18.5. The van der Waals surface area contributed by atoms with Crippen molar-refractivity contribution in [1.29, 1.82) is 0 Å². The number of hydrogen-bond acceptors (Lipinski definition) is 3. The zero-order valence-corrected chi connectivity index (χ0v) is 20.3. The lowest BCUT2D eigenvalue weighted by Gasteiger charge is -2.12. The summed E-state index contributed by atoms with van der Waals surface area (Å²) in [4.78, 5) is 0. The van der Waals surface area contributed by atoms with Gasteiger partial charge in [-0.2, -0.15) is 0 Å². The minimum absolute atomic E-state index is 0.284. The van der Waals surface area contributed by atoms with E-state index in [0.717, 1.165) is 38.3 Å². The molecule has 0 amide bonds. The molecule has 1 atom stereocenters. The maximum absolute atomic E-state index is 5.83. The molecular formula is C28H49NO2. The van der Waals surface area contributed by atoms with E-state index in [2.05, 4.69) is 36.5 Å². The van der Waals surface area contributed by atoms with Crippen LogP contribution in [0.25, 0.3) is 0 Å². The van der Waals surface area contributed by atoms with Crippen LogP contribution in [0.15, 0.2) is 24.3 Å². The Morgan fingerprint density at radius 2 is 1.39 bits per heavy atom. The van der Waals surface area contributed by atoms with Gasteiger partial charge in [0, 0.05) is 13.2 Å². The smallest absolute Gasteiger partial charge is 0.119 e. The molecule has 0 spiro atoms. The number of ether oxygens (including phenoxy) is 2. The van der Waals surface area contributed by atoms with E-state index in [9.17, 15) is 0 Å². The van der Waals surface area contributed by atoms with Gasteiger partial charge >= 0.3 is 0 Å². The summed E-state index contributed by atoms with van der Waals surface area (Å²) in [6, 6.07) is 8.50. The van der Waals surface area contributed by atoms with Crippen LogP contribution in [-0.4, -0.2) is 25.9 Å². The Kier molecular flexibility index (Phi) is 15.6. The van der Waals surface area contributed by atoms with Crippen molar-refractivity contribution in [3.63, 3.8) is 0 Å². The normalized spacial score (nSPS) is 16.1. The van der Waals surface area contributed by atoms with Gasteiger partial charge in [-0.25, -0.2) is 0 Å². The molecule has 1 saturated heterocycles. The fourth-order valence-electron chi connectivity index (χ4n) is 4.35. The molecule has 0 aromatic heterocycles. The van der Waals surface area contributed by atoms with Gasteiger partial charge in [0.2, 0.25) is 0 Å². The summed E-state index contributed by atoms with van der Waals surface area (Å²) in [5.74, 6) is 0.950. The van der Waals surface area contributed by atoms with E-state index in [4.69, 9.17) is 9.47 Å². The highest BCUT2D eigenvalue weighted by atomic mass is 16.5. The second-order valence-electron chi connectivity index (χ2n) is 9.36. The van der Waals surface area contributed by atoms with Crippen LogP contribution in [-0.2, 0) is 11.3 Å². The fourth-order valence-corrected chi connectivity index (χ4v) is 4.35.